The molecular weight excluding hydrogens is 455 g/mol. The molecule has 0 fully saturated rings. The molecule has 0 amide bonds. The third-order valence-electron chi connectivity index (χ3n) is 5.81. The Morgan fingerprint density at radius 3 is 2.53 bits per heavy atom. The second-order valence-corrected chi connectivity index (χ2v) is 11.3. The summed E-state index contributed by atoms with van der Waals surface area (Å²) in [5.74, 6) is -0.755. The Kier molecular flexibility index (Phi) is 9.34. The molecule has 0 saturated carbocycles. The number of carbonyl (C=O) groups excluding carboxylic acids is 1. The van der Waals surface area contributed by atoms with Gasteiger partial charge in [-0.1, -0.05) is 37.1 Å². The van der Waals surface area contributed by atoms with Gasteiger partial charge in [-0.25, -0.2) is 9.36 Å². The predicted molar refractivity (Wildman–Crippen MR) is 133 cm³/mol. The van der Waals surface area contributed by atoms with Crippen molar-refractivity contribution in [2.24, 2.45) is 5.92 Å². The second kappa shape index (κ2) is 11.2. The SMILES string of the molecule is C=C(C)[C@@H]1CCC(C)=C[C@H]1c1c(O)cc(CCC)cc1OC(=O)C(C)(C)OP(=O)(O)OC(C)C. The van der Waals surface area contributed by atoms with Crippen LogP contribution in [0.2, 0.25) is 0 Å². The molecule has 1 aromatic carbocycles. The number of ether oxygens (including phenoxy) is 1. The van der Waals surface area contributed by atoms with Gasteiger partial charge in [0.1, 0.15) is 11.5 Å². The molecule has 190 valence electrons. The fraction of sp³-hybridized carbons (Fsp3) is 0.577. The Bertz CT molecular complexity index is 993. The van der Waals surface area contributed by atoms with Crippen LogP contribution in [0.25, 0.3) is 0 Å². The number of aryl methyl sites for hydroxylation is 1. The number of phosphoric acid groups is 1. The molecule has 0 aliphatic heterocycles. The number of phenols is 1. The monoisotopic (exact) mass is 494 g/mol. The van der Waals surface area contributed by atoms with Crippen LogP contribution in [-0.4, -0.2) is 27.7 Å². The summed E-state index contributed by atoms with van der Waals surface area (Å²) in [6.45, 7) is 16.0. The van der Waals surface area contributed by atoms with Gasteiger partial charge in [0.05, 0.1) is 6.10 Å². The molecule has 8 heteroatoms. The number of phosphoric ester groups is 1. The molecule has 2 N–H and O–H groups in total. The van der Waals surface area contributed by atoms with E-state index in [4.69, 9.17) is 13.8 Å². The quantitative estimate of drug-likeness (QED) is 0.164. The Morgan fingerprint density at radius 2 is 1.97 bits per heavy atom. The number of aromatic hydroxyl groups is 1. The van der Waals surface area contributed by atoms with Crippen molar-refractivity contribution >= 4 is 13.8 Å². The number of esters is 1. The average Bonchev–Trinajstić information content (AvgIpc) is 2.65. The van der Waals surface area contributed by atoms with E-state index in [2.05, 4.69) is 12.7 Å². The van der Waals surface area contributed by atoms with Crippen molar-refractivity contribution in [1.82, 2.24) is 0 Å². The van der Waals surface area contributed by atoms with Crippen molar-refractivity contribution in [3.8, 4) is 11.5 Å². The number of allylic oxidation sites excluding steroid dienone is 3. The van der Waals surface area contributed by atoms with E-state index in [1.54, 1.807) is 26.0 Å². The summed E-state index contributed by atoms with van der Waals surface area (Å²) in [5, 5.41) is 11.1. The zero-order chi connectivity index (χ0) is 25.8. The van der Waals surface area contributed by atoms with E-state index in [-0.39, 0.29) is 23.3 Å². The van der Waals surface area contributed by atoms with Crippen molar-refractivity contribution in [1.29, 1.82) is 0 Å². The largest absolute Gasteiger partial charge is 0.507 e. The standard InChI is InChI=1S/C26H39O7P/c1-9-10-19-14-22(27)24(21-13-18(6)11-12-20(21)16(2)3)23(15-19)31-25(28)26(7,8)33-34(29,30)32-17(4)5/h13-15,17,20-21,27H,2,9-12H2,1,3-8H3,(H,29,30)/t20-,21+/m0/s1. The number of benzene rings is 1. The maximum Gasteiger partial charge on any atom is 0.473 e. The maximum absolute atomic E-state index is 13.1. The fourth-order valence-electron chi connectivity index (χ4n) is 4.26. The van der Waals surface area contributed by atoms with Crippen LogP contribution >= 0.6 is 7.82 Å². The van der Waals surface area contributed by atoms with Gasteiger partial charge in [-0.15, -0.1) is 0 Å². The van der Waals surface area contributed by atoms with E-state index < -0.39 is 25.5 Å². The summed E-state index contributed by atoms with van der Waals surface area (Å²) >= 11 is 0. The van der Waals surface area contributed by atoms with Crippen LogP contribution < -0.4 is 4.74 Å². The van der Waals surface area contributed by atoms with Crippen molar-refractivity contribution < 1.29 is 33.1 Å². The van der Waals surface area contributed by atoms with Crippen LogP contribution in [-0.2, 0) is 24.8 Å². The lowest BCUT2D eigenvalue weighted by Gasteiger charge is -2.32. The van der Waals surface area contributed by atoms with Crippen LogP contribution in [0.3, 0.4) is 0 Å². The maximum atomic E-state index is 13.1. The normalized spacial score (nSPS) is 20.6. The number of carbonyl (C=O) groups is 1. The highest BCUT2D eigenvalue weighted by molar-refractivity contribution is 7.47. The Hall–Kier alpha value is -1.92. The molecule has 1 aliphatic carbocycles. The summed E-state index contributed by atoms with van der Waals surface area (Å²) in [7, 11) is -4.50. The number of rotatable bonds is 10. The summed E-state index contributed by atoms with van der Waals surface area (Å²) in [6.07, 6.45) is 4.86. The summed E-state index contributed by atoms with van der Waals surface area (Å²) in [6, 6.07) is 3.46. The first-order chi connectivity index (χ1) is 15.7. The predicted octanol–water partition coefficient (Wildman–Crippen LogP) is 6.59. The van der Waals surface area contributed by atoms with Gasteiger partial charge in [0.15, 0.2) is 5.60 Å². The molecule has 1 aromatic rings. The molecule has 0 heterocycles. The van der Waals surface area contributed by atoms with Gasteiger partial charge in [-0.05, 0) is 84.4 Å². The zero-order valence-electron chi connectivity index (χ0n) is 21.4. The van der Waals surface area contributed by atoms with E-state index in [1.165, 1.54) is 19.4 Å². The molecule has 2 rings (SSSR count). The first kappa shape index (κ1) is 28.3. The number of phenolic OH excluding ortho intramolecular Hbond substituents is 1. The van der Waals surface area contributed by atoms with Crippen molar-refractivity contribution in [3.05, 3.63) is 47.1 Å². The van der Waals surface area contributed by atoms with Crippen molar-refractivity contribution in [3.63, 3.8) is 0 Å². The first-order valence-corrected chi connectivity index (χ1v) is 13.3. The molecule has 0 radical (unpaired) electrons. The molecule has 7 nitrogen and oxygen atoms in total. The van der Waals surface area contributed by atoms with Crippen molar-refractivity contribution in [2.75, 3.05) is 0 Å². The topological polar surface area (TPSA) is 102 Å². The lowest BCUT2D eigenvalue weighted by Crippen LogP contribution is -2.38. The average molecular weight is 495 g/mol. The van der Waals surface area contributed by atoms with Crippen molar-refractivity contribution in [2.45, 2.75) is 91.8 Å². The van der Waals surface area contributed by atoms with Crippen LogP contribution in [0, 0.1) is 5.92 Å². The Morgan fingerprint density at radius 1 is 1.32 bits per heavy atom. The minimum atomic E-state index is -4.50. The van der Waals surface area contributed by atoms with Gasteiger partial charge < -0.3 is 14.7 Å². The van der Waals surface area contributed by atoms with E-state index in [0.717, 1.165) is 30.4 Å². The van der Waals surface area contributed by atoms with Gasteiger partial charge in [-0.3, -0.25) is 9.05 Å². The molecule has 34 heavy (non-hydrogen) atoms. The number of hydrogen-bond donors (Lipinski definition) is 2. The molecule has 1 aliphatic rings. The molecular formula is C26H39O7P. The molecule has 1 unspecified atom stereocenters. The number of hydrogen-bond acceptors (Lipinski definition) is 6. The Labute approximate surface area is 203 Å². The third-order valence-corrected chi connectivity index (χ3v) is 7.19. The summed E-state index contributed by atoms with van der Waals surface area (Å²) in [5.41, 5.74) is 1.72. The lowest BCUT2D eigenvalue weighted by molar-refractivity contribution is -0.151. The molecule has 3 atom stereocenters. The summed E-state index contributed by atoms with van der Waals surface area (Å²) in [4.78, 5) is 23.2. The van der Waals surface area contributed by atoms with E-state index >= 15 is 0 Å². The summed E-state index contributed by atoms with van der Waals surface area (Å²) < 4.78 is 28.2. The lowest BCUT2D eigenvalue weighted by atomic mass is 9.73. The minimum Gasteiger partial charge on any atom is -0.507 e. The van der Waals surface area contributed by atoms with Gasteiger partial charge in [-0.2, -0.15) is 0 Å². The second-order valence-electron chi connectivity index (χ2n) is 9.92. The highest BCUT2D eigenvalue weighted by Crippen LogP contribution is 2.50. The highest BCUT2D eigenvalue weighted by atomic mass is 31.2. The first-order valence-electron chi connectivity index (χ1n) is 11.8. The van der Waals surface area contributed by atoms with Crippen LogP contribution in [0.15, 0.2) is 35.9 Å². The Balaban J connectivity index is 2.51. The van der Waals surface area contributed by atoms with Gasteiger partial charge in [0, 0.05) is 11.5 Å². The van der Waals surface area contributed by atoms with E-state index in [1.807, 2.05) is 20.8 Å². The van der Waals surface area contributed by atoms with Crippen LogP contribution in [0.5, 0.6) is 11.5 Å². The van der Waals surface area contributed by atoms with E-state index in [9.17, 15) is 19.4 Å². The molecule has 0 saturated heterocycles. The third kappa shape index (κ3) is 7.29. The van der Waals surface area contributed by atoms with Gasteiger partial charge in [0.25, 0.3) is 0 Å². The molecule has 0 aromatic heterocycles. The van der Waals surface area contributed by atoms with Gasteiger partial charge >= 0.3 is 13.8 Å². The van der Waals surface area contributed by atoms with Gasteiger partial charge in [0.2, 0.25) is 0 Å². The smallest absolute Gasteiger partial charge is 0.473 e. The van der Waals surface area contributed by atoms with E-state index in [0.29, 0.717) is 12.0 Å². The molecule has 0 spiro atoms. The highest BCUT2D eigenvalue weighted by Gasteiger charge is 2.41. The fourth-order valence-corrected chi connectivity index (χ4v) is 5.49. The van der Waals surface area contributed by atoms with Crippen LogP contribution in [0.1, 0.15) is 84.8 Å². The zero-order valence-corrected chi connectivity index (χ0v) is 22.3. The van der Waals surface area contributed by atoms with Crippen LogP contribution in [0.4, 0.5) is 0 Å². The molecule has 0 bridgehead atoms. The minimum absolute atomic E-state index is 0.0469.